The van der Waals surface area contributed by atoms with Crippen LogP contribution in [0.1, 0.15) is 35.2 Å². The fourth-order valence-electron chi connectivity index (χ4n) is 4.10. The molecule has 9 nitrogen and oxygen atoms in total. The van der Waals surface area contributed by atoms with Crippen LogP contribution in [0.25, 0.3) is 33.3 Å². The van der Waals surface area contributed by atoms with Crippen molar-refractivity contribution in [3.63, 3.8) is 0 Å². The van der Waals surface area contributed by atoms with Crippen LogP contribution in [0.4, 0.5) is 11.1 Å². The molecule has 1 saturated heterocycles. The van der Waals surface area contributed by atoms with Gasteiger partial charge in [-0.2, -0.15) is 4.98 Å². The Kier molecular flexibility index (Phi) is 5.49. The van der Waals surface area contributed by atoms with Crippen LogP contribution in [0, 0.1) is 6.92 Å². The second-order valence-corrected chi connectivity index (χ2v) is 9.44. The van der Waals surface area contributed by atoms with Gasteiger partial charge in [0.2, 0.25) is 0 Å². The monoisotopic (exact) mass is 486 g/mol. The fourth-order valence-corrected chi connectivity index (χ4v) is 5.17. The van der Waals surface area contributed by atoms with E-state index in [0.717, 1.165) is 46.9 Å². The molecular weight excluding hydrogens is 464 g/mol. The molecule has 1 amide bonds. The van der Waals surface area contributed by atoms with Gasteiger partial charge in [0.05, 0.1) is 22.2 Å². The van der Waals surface area contributed by atoms with E-state index in [9.17, 15) is 4.79 Å². The second kappa shape index (κ2) is 8.95. The van der Waals surface area contributed by atoms with Crippen molar-refractivity contribution in [1.29, 1.82) is 0 Å². The summed E-state index contributed by atoms with van der Waals surface area (Å²) in [7, 11) is 0. The van der Waals surface area contributed by atoms with Gasteiger partial charge in [-0.1, -0.05) is 46.3 Å². The first-order chi connectivity index (χ1) is 17.1. The Hall–Kier alpha value is -4.05. The maximum absolute atomic E-state index is 13.4. The van der Waals surface area contributed by atoms with E-state index in [2.05, 4.69) is 20.4 Å². The Labute approximate surface area is 204 Å². The van der Waals surface area contributed by atoms with E-state index in [4.69, 9.17) is 18.8 Å². The van der Waals surface area contributed by atoms with Gasteiger partial charge in [0, 0.05) is 18.7 Å². The number of aromatic nitrogens is 4. The smallest absolute Gasteiger partial charge is 0.322 e. The number of carbonyl (C=O) groups excluding carboxylic acids is 1. The lowest BCUT2D eigenvalue weighted by Crippen LogP contribution is -2.29. The van der Waals surface area contributed by atoms with E-state index >= 15 is 0 Å². The summed E-state index contributed by atoms with van der Waals surface area (Å²) in [5.74, 6) is 0.254. The molecule has 1 aliphatic rings. The average molecular weight is 487 g/mol. The Balaban J connectivity index is 1.39. The number of nitrogens with zero attached hydrogens (tertiary/aromatic N) is 5. The van der Waals surface area contributed by atoms with Crippen LogP contribution in [0.15, 0.2) is 57.6 Å². The van der Waals surface area contributed by atoms with Gasteiger partial charge in [-0.15, -0.1) is 5.10 Å². The van der Waals surface area contributed by atoms with Crippen LogP contribution < -0.4 is 10.2 Å². The minimum atomic E-state index is -0.366. The highest BCUT2D eigenvalue weighted by Gasteiger charge is 2.23. The standard InChI is InChI=1S/C25H22N6O3S/c1-15-7-9-16(10-8-15)18-14-17(20-21(26-18)27-25(35-20)31-11-3-2-4-12-31)22(32)28-24-30-29-23(34-24)19-6-5-13-33-19/h5-10,13-14H,2-4,11-12H2,1H3,(H,28,30,32). The summed E-state index contributed by atoms with van der Waals surface area (Å²) in [5, 5.41) is 11.5. The summed E-state index contributed by atoms with van der Waals surface area (Å²) in [6.45, 7) is 3.96. The molecule has 6 rings (SSSR count). The van der Waals surface area contributed by atoms with Gasteiger partial charge >= 0.3 is 6.01 Å². The fraction of sp³-hybridized carbons (Fsp3) is 0.240. The molecule has 0 atom stereocenters. The minimum absolute atomic E-state index is 0.0102. The Morgan fingerprint density at radius 1 is 1.06 bits per heavy atom. The minimum Gasteiger partial charge on any atom is -0.459 e. The van der Waals surface area contributed by atoms with Crippen LogP contribution in [0.2, 0.25) is 0 Å². The highest BCUT2D eigenvalue weighted by molar-refractivity contribution is 7.22. The average Bonchev–Trinajstić information content (AvgIpc) is 3.65. The molecule has 0 saturated carbocycles. The number of hydrogen-bond donors (Lipinski definition) is 1. The molecule has 0 spiro atoms. The molecule has 176 valence electrons. The molecule has 0 radical (unpaired) electrons. The highest BCUT2D eigenvalue weighted by atomic mass is 32.1. The van der Waals surface area contributed by atoms with Crippen molar-refractivity contribution in [2.24, 2.45) is 0 Å². The first kappa shape index (κ1) is 21.5. The van der Waals surface area contributed by atoms with Crippen LogP contribution in [0.5, 0.6) is 0 Å². The number of piperidine rings is 1. The third-order valence-corrected chi connectivity index (χ3v) is 7.08. The number of nitrogens with one attached hydrogen (secondary N) is 1. The van der Waals surface area contributed by atoms with E-state index in [1.54, 1.807) is 18.2 Å². The topological polar surface area (TPSA) is 110 Å². The predicted molar refractivity (Wildman–Crippen MR) is 134 cm³/mol. The molecule has 1 fully saturated rings. The van der Waals surface area contributed by atoms with Gasteiger partial charge in [-0.05, 0) is 44.4 Å². The van der Waals surface area contributed by atoms with Crippen molar-refractivity contribution >= 4 is 38.7 Å². The van der Waals surface area contributed by atoms with Gasteiger partial charge in [-0.25, -0.2) is 4.98 Å². The van der Waals surface area contributed by atoms with Crippen LogP contribution >= 0.6 is 11.3 Å². The molecular formula is C25H22N6O3S. The van der Waals surface area contributed by atoms with Crippen molar-refractivity contribution in [2.45, 2.75) is 26.2 Å². The zero-order valence-electron chi connectivity index (χ0n) is 19.0. The molecule has 35 heavy (non-hydrogen) atoms. The number of aryl methyl sites for hydroxylation is 1. The number of benzene rings is 1. The molecule has 4 aromatic heterocycles. The lowest BCUT2D eigenvalue weighted by atomic mass is 10.1. The highest BCUT2D eigenvalue weighted by Crippen LogP contribution is 2.34. The number of pyridine rings is 1. The van der Waals surface area contributed by atoms with Crippen LogP contribution in [0.3, 0.4) is 0 Å². The predicted octanol–water partition coefficient (Wildman–Crippen LogP) is 5.55. The maximum Gasteiger partial charge on any atom is 0.322 e. The molecule has 1 aromatic carbocycles. The quantitative estimate of drug-likeness (QED) is 0.344. The van der Waals surface area contributed by atoms with E-state index < -0.39 is 0 Å². The summed E-state index contributed by atoms with van der Waals surface area (Å²) in [6.07, 6.45) is 5.03. The maximum atomic E-state index is 13.4. The largest absolute Gasteiger partial charge is 0.459 e. The van der Waals surface area contributed by atoms with E-state index in [1.807, 2.05) is 31.2 Å². The normalized spacial score (nSPS) is 13.9. The number of furan rings is 1. The zero-order valence-corrected chi connectivity index (χ0v) is 19.8. The summed E-state index contributed by atoms with van der Waals surface area (Å²) in [6, 6.07) is 13.3. The number of thiazole rings is 1. The summed E-state index contributed by atoms with van der Waals surface area (Å²) < 4.78 is 11.6. The Morgan fingerprint density at radius 2 is 1.89 bits per heavy atom. The number of amides is 1. The van der Waals surface area contributed by atoms with Gasteiger partial charge < -0.3 is 13.7 Å². The molecule has 10 heteroatoms. The van der Waals surface area contributed by atoms with Gasteiger partial charge in [0.25, 0.3) is 11.8 Å². The molecule has 1 N–H and O–H groups in total. The summed E-state index contributed by atoms with van der Waals surface area (Å²) >= 11 is 1.49. The second-order valence-electron chi connectivity index (χ2n) is 8.46. The lowest BCUT2D eigenvalue weighted by Gasteiger charge is -2.25. The third-order valence-electron chi connectivity index (χ3n) is 5.95. The van der Waals surface area contributed by atoms with Gasteiger partial charge in [0.1, 0.15) is 0 Å². The van der Waals surface area contributed by atoms with Crippen molar-refractivity contribution in [3.05, 3.63) is 59.9 Å². The van der Waals surface area contributed by atoms with E-state index in [1.165, 1.54) is 24.0 Å². The Bertz CT molecular complexity index is 1480. The van der Waals surface area contributed by atoms with Crippen LogP contribution in [-0.4, -0.2) is 39.2 Å². The first-order valence-electron chi connectivity index (χ1n) is 11.5. The Morgan fingerprint density at radius 3 is 2.66 bits per heavy atom. The van der Waals surface area contributed by atoms with Crippen molar-refractivity contribution in [3.8, 4) is 22.9 Å². The van der Waals surface area contributed by atoms with Gasteiger partial charge in [-0.3, -0.25) is 10.1 Å². The van der Waals surface area contributed by atoms with Crippen molar-refractivity contribution in [1.82, 2.24) is 20.2 Å². The molecule has 1 aliphatic heterocycles. The number of carbonyl (C=O) groups is 1. The molecule has 5 aromatic rings. The van der Waals surface area contributed by atoms with Crippen molar-refractivity contribution < 1.29 is 13.6 Å². The first-order valence-corrected chi connectivity index (χ1v) is 12.3. The third kappa shape index (κ3) is 4.28. The molecule has 5 heterocycles. The van der Waals surface area contributed by atoms with Gasteiger partial charge in [0.15, 0.2) is 16.5 Å². The molecule has 0 bridgehead atoms. The zero-order chi connectivity index (χ0) is 23.8. The molecule has 0 aliphatic carbocycles. The van der Waals surface area contributed by atoms with E-state index in [-0.39, 0.29) is 17.8 Å². The number of rotatable bonds is 5. The van der Waals surface area contributed by atoms with Crippen molar-refractivity contribution in [2.75, 3.05) is 23.3 Å². The van der Waals surface area contributed by atoms with Crippen LogP contribution in [-0.2, 0) is 0 Å². The SMILES string of the molecule is Cc1ccc(-c2cc(C(=O)Nc3nnc(-c4ccco4)o3)c3sc(N4CCCCC4)nc3n2)cc1. The summed E-state index contributed by atoms with van der Waals surface area (Å²) in [4.78, 5) is 25.3. The number of hydrogen-bond acceptors (Lipinski definition) is 9. The summed E-state index contributed by atoms with van der Waals surface area (Å²) in [5.41, 5.74) is 3.76. The number of anilines is 2. The van der Waals surface area contributed by atoms with E-state index in [0.29, 0.717) is 22.7 Å². The number of fused-ring (bicyclic) bond motifs is 1. The lowest BCUT2D eigenvalue weighted by molar-refractivity contribution is 0.102. The molecule has 0 unspecified atom stereocenters.